The van der Waals surface area contributed by atoms with Gasteiger partial charge >= 0.3 is 0 Å². The van der Waals surface area contributed by atoms with Crippen molar-refractivity contribution in [3.05, 3.63) is 10.7 Å². The van der Waals surface area contributed by atoms with Crippen LogP contribution in [0.1, 0.15) is 25.7 Å². The lowest BCUT2D eigenvalue weighted by Crippen LogP contribution is -2.39. The Morgan fingerprint density at radius 3 is 2.69 bits per heavy atom. The monoisotopic (exact) mass is 243 g/mol. The first-order valence-corrected chi connectivity index (χ1v) is 5.63. The summed E-state index contributed by atoms with van der Waals surface area (Å²) in [6, 6.07) is 0. The fraction of sp³-hybridized carbons (Fsp3) is 0.700. The van der Waals surface area contributed by atoms with Gasteiger partial charge in [0.1, 0.15) is 0 Å². The second kappa shape index (κ2) is 3.45. The molecule has 0 aromatic heterocycles. The highest BCUT2D eigenvalue weighted by Crippen LogP contribution is 2.41. The number of nitrogens with zero attached hydrogens (tertiary/aromatic N) is 1. The highest BCUT2D eigenvalue weighted by Gasteiger charge is 2.37. The largest absolute Gasteiger partial charge is 0.321 e. The third-order valence-electron chi connectivity index (χ3n) is 3.10. The van der Waals surface area contributed by atoms with Crippen molar-refractivity contribution in [1.29, 1.82) is 0 Å². The van der Waals surface area contributed by atoms with E-state index in [1.54, 1.807) is 4.90 Å². The Labute approximate surface area is 87.1 Å². The van der Waals surface area contributed by atoms with E-state index in [1.807, 2.05) is 13.2 Å². The summed E-state index contributed by atoms with van der Waals surface area (Å²) in [6.45, 7) is 0. The normalized spacial score (nSPS) is 34.2. The molecule has 2 nitrogen and oxygen atoms in total. The number of fused-ring (bicyclic) bond motifs is 1. The van der Waals surface area contributed by atoms with Crippen LogP contribution in [0.3, 0.4) is 0 Å². The molecule has 2 aliphatic rings. The van der Waals surface area contributed by atoms with E-state index in [2.05, 4.69) is 15.9 Å². The quantitative estimate of drug-likeness (QED) is 0.641. The van der Waals surface area contributed by atoms with Crippen molar-refractivity contribution in [3.8, 4) is 0 Å². The van der Waals surface area contributed by atoms with Gasteiger partial charge in [-0.15, -0.1) is 0 Å². The van der Waals surface area contributed by atoms with E-state index in [1.165, 1.54) is 23.7 Å². The zero-order chi connectivity index (χ0) is 9.42. The van der Waals surface area contributed by atoms with Gasteiger partial charge in [-0.25, -0.2) is 0 Å². The highest BCUT2D eigenvalue weighted by atomic mass is 79.9. The lowest BCUT2D eigenvalue weighted by atomic mass is 9.77. The van der Waals surface area contributed by atoms with Crippen LogP contribution in [-0.2, 0) is 4.79 Å². The summed E-state index contributed by atoms with van der Waals surface area (Å²) in [5, 5.41) is 0. The van der Waals surface area contributed by atoms with Crippen molar-refractivity contribution in [1.82, 2.24) is 4.90 Å². The number of hydrogen-bond acceptors (Lipinski definition) is 1. The van der Waals surface area contributed by atoms with Crippen LogP contribution in [0.5, 0.6) is 0 Å². The van der Waals surface area contributed by atoms with Crippen molar-refractivity contribution in [2.75, 3.05) is 7.05 Å². The van der Waals surface area contributed by atoms with Crippen molar-refractivity contribution in [2.24, 2.45) is 11.8 Å². The van der Waals surface area contributed by atoms with Gasteiger partial charge in [-0.2, -0.15) is 0 Å². The van der Waals surface area contributed by atoms with Crippen LogP contribution in [0.2, 0.25) is 0 Å². The SMILES string of the molecule is CN1C=C(Br)[C@@H]2CCCCC2C1=O. The molecule has 72 valence electrons. The second-order valence-corrected chi connectivity index (χ2v) is 4.88. The fourth-order valence-electron chi connectivity index (χ4n) is 2.36. The molecule has 1 unspecified atom stereocenters. The maximum Gasteiger partial charge on any atom is 0.230 e. The van der Waals surface area contributed by atoms with E-state index in [0.717, 1.165) is 6.42 Å². The molecular weight excluding hydrogens is 230 g/mol. The predicted molar refractivity (Wildman–Crippen MR) is 55.2 cm³/mol. The smallest absolute Gasteiger partial charge is 0.230 e. The lowest BCUT2D eigenvalue weighted by Gasteiger charge is -2.36. The molecule has 0 aromatic rings. The lowest BCUT2D eigenvalue weighted by molar-refractivity contribution is -0.135. The molecule has 1 heterocycles. The average Bonchev–Trinajstić information content (AvgIpc) is 2.15. The molecule has 0 aromatic carbocycles. The van der Waals surface area contributed by atoms with E-state index in [4.69, 9.17) is 0 Å². The Morgan fingerprint density at radius 1 is 1.38 bits per heavy atom. The summed E-state index contributed by atoms with van der Waals surface area (Å²) in [5.41, 5.74) is 0. The van der Waals surface area contributed by atoms with Crippen LogP contribution in [0.25, 0.3) is 0 Å². The van der Waals surface area contributed by atoms with Gasteiger partial charge in [0.25, 0.3) is 0 Å². The summed E-state index contributed by atoms with van der Waals surface area (Å²) in [5.74, 6) is 1.02. The van der Waals surface area contributed by atoms with Crippen molar-refractivity contribution in [2.45, 2.75) is 25.7 Å². The molecule has 1 aliphatic heterocycles. The molecule has 2 atom stereocenters. The van der Waals surface area contributed by atoms with Crippen LogP contribution < -0.4 is 0 Å². The van der Waals surface area contributed by atoms with E-state index >= 15 is 0 Å². The standard InChI is InChI=1S/C10H14BrNO/c1-12-6-9(11)7-4-2-3-5-8(7)10(12)13/h6-8H,2-5H2,1H3/t7-,8?/m1/s1. The third-order valence-corrected chi connectivity index (χ3v) is 3.89. The summed E-state index contributed by atoms with van der Waals surface area (Å²) in [4.78, 5) is 13.5. The minimum absolute atomic E-state index is 0.248. The van der Waals surface area contributed by atoms with E-state index < -0.39 is 0 Å². The molecule has 0 bridgehead atoms. The zero-order valence-corrected chi connectivity index (χ0v) is 9.38. The highest BCUT2D eigenvalue weighted by molar-refractivity contribution is 9.11. The number of hydrogen-bond donors (Lipinski definition) is 0. The minimum atomic E-state index is 0.248. The average molecular weight is 244 g/mol. The molecular formula is C10H14BrNO. The van der Waals surface area contributed by atoms with Gasteiger partial charge in [0.2, 0.25) is 5.91 Å². The van der Waals surface area contributed by atoms with Crippen LogP contribution in [0, 0.1) is 11.8 Å². The minimum Gasteiger partial charge on any atom is -0.321 e. The molecule has 3 heteroatoms. The predicted octanol–water partition coefficient (Wildman–Crippen LogP) is 2.50. The first-order valence-electron chi connectivity index (χ1n) is 4.84. The summed E-state index contributed by atoms with van der Waals surface area (Å²) in [7, 11) is 1.84. The van der Waals surface area contributed by atoms with Gasteiger partial charge in [0.05, 0.1) is 0 Å². The zero-order valence-electron chi connectivity index (χ0n) is 7.79. The maximum absolute atomic E-state index is 11.8. The summed E-state index contributed by atoms with van der Waals surface area (Å²) < 4.78 is 1.21. The Morgan fingerprint density at radius 2 is 2.00 bits per heavy atom. The third kappa shape index (κ3) is 1.54. The number of halogens is 1. The van der Waals surface area contributed by atoms with Crippen LogP contribution in [-0.4, -0.2) is 17.9 Å². The van der Waals surface area contributed by atoms with E-state index in [0.29, 0.717) is 11.8 Å². The second-order valence-electron chi connectivity index (χ2n) is 3.96. The van der Waals surface area contributed by atoms with Gasteiger partial charge in [-0.05, 0) is 12.8 Å². The first kappa shape index (κ1) is 9.25. The van der Waals surface area contributed by atoms with Gasteiger partial charge in [0, 0.05) is 29.6 Å². The molecule has 0 spiro atoms. The molecule has 13 heavy (non-hydrogen) atoms. The van der Waals surface area contributed by atoms with E-state index in [-0.39, 0.29) is 5.92 Å². The molecule has 1 aliphatic carbocycles. The number of allylic oxidation sites excluding steroid dienone is 1. The van der Waals surface area contributed by atoms with Crippen LogP contribution in [0.15, 0.2) is 10.7 Å². The van der Waals surface area contributed by atoms with Crippen molar-refractivity contribution < 1.29 is 4.79 Å². The first-order chi connectivity index (χ1) is 6.20. The molecule has 1 amide bonds. The summed E-state index contributed by atoms with van der Waals surface area (Å²) >= 11 is 3.57. The van der Waals surface area contributed by atoms with Gasteiger partial charge in [0.15, 0.2) is 0 Å². The summed E-state index contributed by atoms with van der Waals surface area (Å²) in [6.07, 6.45) is 6.63. The Bertz CT molecular complexity index is 262. The van der Waals surface area contributed by atoms with Gasteiger partial charge in [-0.3, -0.25) is 4.79 Å². The Balaban J connectivity index is 2.27. The number of rotatable bonds is 0. The molecule has 1 saturated carbocycles. The number of carbonyl (C=O) groups excluding carboxylic acids is 1. The molecule has 0 radical (unpaired) electrons. The molecule has 0 saturated heterocycles. The number of carbonyl (C=O) groups is 1. The van der Waals surface area contributed by atoms with Crippen molar-refractivity contribution in [3.63, 3.8) is 0 Å². The number of amides is 1. The molecule has 1 fully saturated rings. The molecule has 0 N–H and O–H groups in total. The van der Waals surface area contributed by atoms with Crippen molar-refractivity contribution >= 4 is 21.8 Å². The van der Waals surface area contributed by atoms with Crippen LogP contribution >= 0.6 is 15.9 Å². The van der Waals surface area contributed by atoms with Gasteiger partial charge < -0.3 is 4.90 Å². The van der Waals surface area contributed by atoms with Crippen LogP contribution in [0.4, 0.5) is 0 Å². The Hall–Kier alpha value is -0.310. The Kier molecular flexibility index (Phi) is 2.45. The topological polar surface area (TPSA) is 20.3 Å². The van der Waals surface area contributed by atoms with E-state index in [9.17, 15) is 4.79 Å². The van der Waals surface area contributed by atoms with Gasteiger partial charge in [-0.1, -0.05) is 28.8 Å². The molecule has 2 rings (SSSR count). The maximum atomic E-state index is 11.8. The fourth-order valence-corrected chi connectivity index (χ4v) is 3.22.